The van der Waals surface area contributed by atoms with Crippen LogP contribution in [0.25, 0.3) is 0 Å². The normalized spacial score (nSPS) is 18.7. The summed E-state index contributed by atoms with van der Waals surface area (Å²) in [5.41, 5.74) is 0.917. The van der Waals surface area contributed by atoms with E-state index in [4.69, 9.17) is 21.1 Å². The predicted octanol–water partition coefficient (Wildman–Crippen LogP) is 4.06. The maximum absolute atomic E-state index is 11.6. The third-order valence-corrected chi connectivity index (χ3v) is 5.50. The van der Waals surface area contributed by atoms with Crippen LogP contribution in [-0.4, -0.2) is 49.5 Å². The zero-order chi connectivity index (χ0) is 19.3. The minimum absolute atomic E-state index is 0.0918. The Labute approximate surface area is 166 Å². The van der Waals surface area contributed by atoms with Crippen molar-refractivity contribution in [3.8, 4) is 5.75 Å². The Morgan fingerprint density at radius 1 is 1.11 bits per heavy atom. The van der Waals surface area contributed by atoms with Gasteiger partial charge >= 0.3 is 0 Å². The van der Waals surface area contributed by atoms with Crippen molar-refractivity contribution in [3.63, 3.8) is 0 Å². The average Bonchev–Trinajstić information content (AvgIpc) is 2.68. The molecule has 0 aliphatic carbocycles. The molecule has 0 aromatic heterocycles. The molecule has 146 valence electrons. The maximum atomic E-state index is 11.6. The van der Waals surface area contributed by atoms with Gasteiger partial charge in [0.25, 0.3) is 0 Å². The van der Waals surface area contributed by atoms with Gasteiger partial charge in [0.2, 0.25) is 0 Å². The summed E-state index contributed by atoms with van der Waals surface area (Å²) in [4.78, 5) is 2.35. The highest BCUT2D eigenvalue weighted by Gasteiger charge is 2.36. The van der Waals surface area contributed by atoms with E-state index in [-0.39, 0.29) is 5.92 Å². The van der Waals surface area contributed by atoms with Crippen LogP contribution in [0.15, 0.2) is 48.5 Å². The standard InChI is InChI=1S/C22H28ClNO3/c1-3-27-20-10-6-18(7-11-20)22(2,25)21(16-24-12-14-26-15-13-24)17-4-8-19(23)9-5-17/h4-11,21,25H,3,12-16H2,1-2H3. The predicted molar refractivity (Wildman–Crippen MR) is 109 cm³/mol. The smallest absolute Gasteiger partial charge is 0.119 e. The number of hydrogen-bond donors (Lipinski definition) is 1. The molecular formula is C22H28ClNO3. The van der Waals surface area contributed by atoms with Gasteiger partial charge in [-0.3, -0.25) is 4.90 Å². The number of ether oxygens (including phenoxy) is 2. The largest absolute Gasteiger partial charge is 0.494 e. The number of aliphatic hydroxyl groups is 1. The highest BCUT2D eigenvalue weighted by molar-refractivity contribution is 6.30. The summed E-state index contributed by atoms with van der Waals surface area (Å²) in [6.07, 6.45) is 0. The monoisotopic (exact) mass is 389 g/mol. The first-order valence-corrected chi connectivity index (χ1v) is 9.89. The lowest BCUT2D eigenvalue weighted by Gasteiger charge is -2.38. The van der Waals surface area contributed by atoms with Crippen molar-refractivity contribution in [3.05, 3.63) is 64.7 Å². The van der Waals surface area contributed by atoms with Gasteiger partial charge in [0.15, 0.2) is 0 Å². The first kappa shape index (κ1) is 20.2. The minimum Gasteiger partial charge on any atom is -0.494 e. The van der Waals surface area contributed by atoms with E-state index < -0.39 is 5.60 Å². The van der Waals surface area contributed by atoms with E-state index in [1.165, 1.54) is 0 Å². The van der Waals surface area contributed by atoms with Crippen molar-refractivity contribution in [2.45, 2.75) is 25.4 Å². The molecule has 1 saturated heterocycles. The van der Waals surface area contributed by atoms with E-state index in [0.717, 1.165) is 49.7 Å². The lowest BCUT2D eigenvalue weighted by atomic mass is 9.78. The number of morpholine rings is 1. The summed E-state index contributed by atoms with van der Waals surface area (Å²) < 4.78 is 11.0. The van der Waals surface area contributed by atoms with Crippen LogP contribution in [-0.2, 0) is 10.3 Å². The van der Waals surface area contributed by atoms with Gasteiger partial charge in [0.1, 0.15) is 5.75 Å². The third-order valence-electron chi connectivity index (χ3n) is 5.25. The SMILES string of the molecule is CCOc1ccc(C(C)(O)C(CN2CCOCC2)c2ccc(Cl)cc2)cc1. The van der Waals surface area contributed by atoms with E-state index in [1.807, 2.05) is 62.4 Å². The van der Waals surface area contributed by atoms with Crippen molar-refractivity contribution in [2.24, 2.45) is 0 Å². The highest BCUT2D eigenvalue weighted by Crippen LogP contribution is 2.38. The third kappa shape index (κ3) is 5.02. The molecule has 0 saturated carbocycles. The van der Waals surface area contributed by atoms with E-state index in [2.05, 4.69) is 4.90 Å². The number of hydrogen-bond acceptors (Lipinski definition) is 4. The molecule has 1 heterocycles. The van der Waals surface area contributed by atoms with E-state index in [0.29, 0.717) is 11.6 Å². The van der Waals surface area contributed by atoms with Crippen molar-refractivity contribution in [1.29, 1.82) is 0 Å². The number of rotatable bonds is 7. The fourth-order valence-electron chi connectivity index (χ4n) is 3.60. The molecule has 4 nitrogen and oxygen atoms in total. The van der Waals surface area contributed by atoms with Crippen LogP contribution in [0, 0.1) is 0 Å². The van der Waals surface area contributed by atoms with Gasteiger partial charge in [-0.15, -0.1) is 0 Å². The Balaban J connectivity index is 1.90. The summed E-state index contributed by atoms with van der Waals surface area (Å²) >= 11 is 6.08. The maximum Gasteiger partial charge on any atom is 0.119 e. The van der Waals surface area contributed by atoms with Crippen LogP contribution >= 0.6 is 11.6 Å². The summed E-state index contributed by atoms with van der Waals surface area (Å²) in [6.45, 7) is 8.46. The molecule has 0 spiro atoms. The highest BCUT2D eigenvalue weighted by atomic mass is 35.5. The van der Waals surface area contributed by atoms with E-state index >= 15 is 0 Å². The van der Waals surface area contributed by atoms with Crippen LogP contribution in [0.5, 0.6) is 5.75 Å². The Bertz CT molecular complexity index is 709. The van der Waals surface area contributed by atoms with Gasteiger partial charge in [-0.1, -0.05) is 35.9 Å². The zero-order valence-electron chi connectivity index (χ0n) is 16.0. The van der Waals surface area contributed by atoms with Gasteiger partial charge < -0.3 is 14.6 Å². The second kappa shape index (κ2) is 9.07. The Morgan fingerprint density at radius 2 is 1.74 bits per heavy atom. The van der Waals surface area contributed by atoms with Crippen LogP contribution in [0.3, 0.4) is 0 Å². The minimum atomic E-state index is -1.03. The van der Waals surface area contributed by atoms with Crippen molar-refractivity contribution in [1.82, 2.24) is 4.90 Å². The Kier molecular flexibility index (Phi) is 6.77. The lowest BCUT2D eigenvalue weighted by molar-refractivity contribution is -0.0107. The van der Waals surface area contributed by atoms with Crippen LogP contribution in [0.1, 0.15) is 30.9 Å². The van der Waals surface area contributed by atoms with Gasteiger partial charge in [0, 0.05) is 30.6 Å². The molecule has 2 aromatic rings. The Morgan fingerprint density at radius 3 is 2.33 bits per heavy atom. The fourth-order valence-corrected chi connectivity index (χ4v) is 3.73. The molecule has 0 amide bonds. The molecule has 0 bridgehead atoms. The molecule has 0 radical (unpaired) electrons. The van der Waals surface area contributed by atoms with Crippen molar-refractivity contribution in [2.75, 3.05) is 39.5 Å². The summed E-state index contributed by atoms with van der Waals surface area (Å²) in [6, 6.07) is 15.5. The topological polar surface area (TPSA) is 41.9 Å². The lowest BCUT2D eigenvalue weighted by Crippen LogP contribution is -2.43. The molecule has 1 N–H and O–H groups in total. The molecule has 2 aromatic carbocycles. The first-order valence-electron chi connectivity index (χ1n) is 9.52. The molecular weight excluding hydrogens is 362 g/mol. The van der Waals surface area contributed by atoms with Crippen LogP contribution in [0.4, 0.5) is 0 Å². The second-order valence-corrected chi connectivity index (χ2v) is 7.56. The Hall–Kier alpha value is -1.59. The average molecular weight is 390 g/mol. The number of benzene rings is 2. The van der Waals surface area contributed by atoms with Gasteiger partial charge in [0.05, 0.1) is 25.4 Å². The molecule has 5 heteroatoms. The quantitative estimate of drug-likeness (QED) is 0.775. The van der Waals surface area contributed by atoms with E-state index in [1.54, 1.807) is 0 Å². The van der Waals surface area contributed by atoms with Crippen molar-refractivity contribution >= 4 is 11.6 Å². The second-order valence-electron chi connectivity index (χ2n) is 7.12. The number of nitrogens with zero attached hydrogens (tertiary/aromatic N) is 1. The number of halogens is 1. The zero-order valence-corrected chi connectivity index (χ0v) is 16.8. The fraction of sp³-hybridized carbons (Fsp3) is 0.455. The molecule has 2 atom stereocenters. The molecule has 1 aliphatic heterocycles. The van der Waals surface area contributed by atoms with E-state index in [9.17, 15) is 5.11 Å². The molecule has 1 fully saturated rings. The molecule has 1 aliphatic rings. The summed E-state index contributed by atoms with van der Waals surface area (Å²) in [5, 5.41) is 12.3. The van der Waals surface area contributed by atoms with Crippen LogP contribution < -0.4 is 4.74 Å². The molecule has 2 unspecified atom stereocenters. The molecule has 27 heavy (non-hydrogen) atoms. The first-order chi connectivity index (χ1) is 13.0. The van der Waals surface area contributed by atoms with Gasteiger partial charge in [-0.05, 0) is 49.2 Å². The van der Waals surface area contributed by atoms with Crippen LogP contribution in [0.2, 0.25) is 5.02 Å². The summed E-state index contributed by atoms with van der Waals surface area (Å²) in [7, 11) is 0. The van der Waals surface area contributed by atoms with Gasteiger partial charge in [-0.2, -0.15) is 0 Å². The van der Waals surface area contributed by atoms with Gasteiger partial charge in [-0.25, -0.2) is 0 Å². The van der Waals surface area contributed by atoms with Crippen molar-refractivity contribution < 1.29 is 14.6 Å². The summed E-state index contributed by atoms with van der Waals surface area (Å²) in [5.74, 6) is 0.721. The molecule has 3 rings (SSSR count).